The van der Waals surface area contributed by atoms with E-state index in [2.05, 4.69) is 16.5 Å². The molecule has 2 rings (SSSR count). The van der Waals surface area contributed by atoms with Gasteiger partial charge in [0.15, 0.2) is 0 Å². The van der Waals surface area contributed by atoms with Crippen LogP contribution in [0, 0.1) is 0 Å². The highest BCUT2D eigenvalue weighted by atomic mass is 16.4. The molecule has 0 radical (unpaired) electrons. The minimum absolute atomic E-state index is 0.244. The third-order valence-electron chi connectivity index (χ3n) is 3.40. The number of hydrogen-bond donors (Lipinski definition) is 1. The first kappa shape index (κ1) is 12.1. The van der Waals surface area contributed by atoms with Crippen LogP contribution < -0.4 is 0 Å². The van der Waals surface area contributed by atoms with Gasteiger partial charge in [-0.1, -0.05) is 6.92 Å². The number of imidazole rings is 1. The predicted molar refractivity (Wildman–Crippen MR) is 65.1 cm³/mol. The van der Waals surface area contributed by atoms with E-state index in [9.17, 15) is 4.79 Å². The van der Waals surface area contributed by atoms with E-state index in [0.717, 1.165) is 31.5 Å². The van der Waals surface area contributed by atoms with Gasteiger partial charge in [0.05, 0.1) is 5.69 Å². The first-order valence-electron chi connectivity index (χ1n) is 6.51. The van der Waals surface area contributed by atoms with Gasteiger partial charge in [0.1, 0.15) is 5.82 Å². The number of nitrogens with zero attached hydrogens (tertiary/aromatic N) is 2. The molecule has 0 aromatic carbocycles. The Labute approximate surface area is 102 Å². The van der Waals surface area contributed by atoms with Crippen LogP contribution in [0.1, 0.15) is 49.8 Å². The van der Waals surface area contributed by atoms with Crippen LogP contribution in [0.25, 0.3) is 0 Å². The van der Waals surface area contributed by atoms with Crippen molar-refractivity contribution in [1.82, 2.24) is 9.55 Å². The normalized spacial score (nSPS) is 14.6. The summed E-state index contributed by atoms with van der Waals surface area (Å²) < 4.78 is 2.35. The Kier molecular flexibility index (Phi) is 3.82. The zero-order valence-corrected chi connectivity index (χ0v) is 10.4. The van der Waals surface area contributed by atoms with Gasteiger partial charge in [-0.25, -0.2) is 4.98 Å². The second-order valence-electron chi connectivity index (χ2n) is 4.63. The highest BCUT2D eigenvalue weighted by Crippen LogP contribution is 2.22. The topological polar surface area (TPSA) is 55.1 Å². The molecule has 0 aliphatic carbocycles. The molecule has 1 aliphatic heterocycles. The standard InChI is InChI=1S/C13H20N2O2/c1-2-12-14-10(6-5-8-13(16)17)11-7-3-4-9-15(11)12/h2-9H2,1H3,(H,16,17). The smallest absolute Gasteiger partial charge is 0.303 e. The van der Waals surface area contributed by atoms with Crippen LogP contribution in [-0.2, 0) is 30.6 Å². The molecular weight excluding hydrogens is 216 g/mol. The molecular formula is C13H20N2O2. The maximum Gasteiger partial charge on any atom is 0.303 e. The molecule has 1 aromatic rings. The molecule has 1 aliphatic rings. The maximum absolute atomic E-state index is 10.5. The molecule has 0 atom stereocenters. The predicted octanol–water partition coefficient (Wildman–Crippen LogP) is 2.19. The average molecular weight is 236 g/mol. The summed E-state index contributed by atoms with van der Waals surface area (Å²) in [4.78, 5) is 15.2. The lowest BCUT2D eigenvalue weighted by Crippen LogP contribution is -2.13. The minimum Gasteiger partial charge on any atom is -0.481 e. The quantitative estimate of drug-likeness (QED) is 0.852. The van der Waals surface area contributed by atoms with Crippen molar-refractivity contribution in [3.05, 3.63) is 17.2 Å². The van der Waals surface area contributed by atoms with Crippen molar-refractivity contribution in [3.63, 3.8) is 0 Å². The van der Waals surface area contributed by atoms with E-state index in [1.54, 1.807) is 0 Å². The van der Waals surface area contributed by atoms with E-state index in [-0.39, 0.29) is 6.42 Å². The van der Waals surface area contributed by atoms with Crippen LogP contribution in [0.3, 0.4) is 0 Å². The van der Waals surface area contributed by atoms with E-state index in [4.69, 9.17) is 5.11 Å². The van der Waals surface area contributed by atoms with Gasteiger partial charge < -0.3 is 9.67 Å². The molecule has 0 fully saturated rings. The van der Waals surface area contributed by atoms with Crippen LogP contribution in [0.5, 0.6) is 0 Å². The molecule has 94 valence electrons. The van der Waals surface area contributed by atoms with Crippen LogP contribution in [-0.4, -0.2) is 20.6 Å². The SMILES string of the molecule is CCc1nc(CCCC(=O)O)c2n1CCCC2. The summed E-state index contributed by atoms with van der Waals surface area (Å²) in [5.41, 5.74) is 2.50. The van der Waals surface area contributed by atoms with E-state index in [1.165, 1.54) is 24.4 Å². The molecule has 2 heterocycles. The first-order chi connectivity index (χ1) is 8.22. The van der Waals surface area contributed by atoms with Crippen molar-refractivity contribution in [2.75, 3.05) is 0 Å². The highest BCUT2D eigenvalue weighted by Gasteiger charge is 2.18. The Balaban J connectivity index is 2.11. The monoisotopic (exact) mass is 236 g/mol. The number of aliphatic carboxylic acids is 1. The van der Waals surface area contributed by atoms with Crippen LogP contribution in [0.15, 0.2) is 0 Å². The second kappa shape index (κ2) is 5.34. The van der Waals surface area contributed by atoms with Crippen molar-refractivity contribution in [2.24, 2.45) is 0 Å². The van der Waals surface area contributed by atoms with E-state index in [1.807, 2.05) is 0 Å². The summed E-state index contributed by atoms with van der Waals surface area (Å²) in [5.74, 6) is 0.457. The Morgan fingerprint density at radius 2 is 2.29 bits per heavy atom. The van der Waals surface area contributed by atoms with Crippen LogP contribution in [0.4, 0.5) is 0 Å². The Hall–Kier alpha value is -1.32. The number of carboxylic acids is 1. The number of aryl methyl sites for hydroxylation is 2. The number of hydrogen-bond acceptors (Lipinski definition) is 2. The van der Waals surface area contributed by atoms with Gasteiger partial charge in [-0.3, -0.25) is 4.79 Å². The van der Waals surface area contributed by atoms with E-state index in [0.29, 0.717) is 6.42 Å². The lowest BCUT2D eigenvalue weighted by molar-refractivity contribution is -0.137. The molecule has 4 heteroatoms. The fourth-order valence-corrected chi connectivity index (χ4v) is 2.58. The van der Waals surface area contributed by atoms with Crippen molar-refractivity contribution >= 4 is 5.97 Å². The van der Waals surface area contributed by atoms with Crippen molar-refractivity contribution < 1.29 is 9.90 Å². The summed E-state index contributed by atoms with van der Waals surface area (Å²) in [6, 6.07) is 0. The molecule has 4 nitrogen and oxygen atoms in total. The number of fused-ring (bicyclic) bond motifs is 1. The lowest BCUT2D eigenvalue weighted by Gasteiger charge is -2.17. The van der Waals surface area contributed by atoms with Gasteiger partial charge in [-0.2, -0.15) is 0 Å². The summed E-state index contributed by atoms with van der Waals surface area (Å²) in [5, 5.41) is 8.66. The van der Waals surface area contributed by atoms with Gasteiger partial charge in [-0.15, -0.1) is 0 Å². The molecule has 0 amide bonds. The summed E-state index contributed by atoms with van der Waals surface area (Å²) in [7, 11) is 0. The highest BCUT2D eigenvalue weighted by molar-refractivity contribution is 5.66. The number of carboxylic acid groups (broad SMARTS) is 1. The lowest BCUT2D eigenvalue weighted by atomic mass is 10.1. The Morgan fingerprint density at radius 3 is 3.00 bits per heavy atom. The number of rotatable bonds is 5. The zero-order valence-electron chi connectivity index (χ0n) is 10.4. The third-order valence-corrected chi connectivity index (χ3v) is 3.40. The van der Waals surface area contributed by atoms with Gasteiger partial charge in [-0.05, 0) is 32.1 Å². The molecule has 0 spiro atoms. The summed E-state index contributed by atoms with van der Waals surface area (Å²) in [6.45, 7) is 3.22. The second-order valence-corrected chi connectivity index (χ2v) is 4.63. The number of carbonyl (C=O) groups is 1. The fraction of sp³-hybridized carbons (Fsp3) is 0.692. The third kappa shape index (κ3) is 2.68. The van der Waals surface area contributed by atoms with Crippen molar-refractivity contribution in [1.29, 1.82) is 0 Å². The molecule has 1 aromatic heterocycles. The van der Waals surface area contributed by atoms with Crippen molar-refractivity contribution in [2.45, 2.75) is 58.4 Å². The molecule has 0 saturated carbocycles. The average Bonchev–Trinajstić information content (AvgIpc) is 2.68. The van der Waals surface area contributed by atoms with Gasteiger partial charge in [0, 0.05) is 25.1 Å². The maximum atomic E-state index is 10.5. The van der Waals surface area contributed by atoms with Gasteiger partial charge in [0.25, 0.3) is 0 Å². The molecule has 0 bridgehead atoms. The summed E-state index contributed by atoms with van der Waals surface area (Å²) >= 11 is 0. The Bertz CT molecular complexity index is 410. The Morgan fingerprint density at radius 1 is 1.47 bits per heavy atom. The molecule has 1 N–H and O–H groups in total. The molecule has 0 saturated heterocycles. The van der Waals surface area contributed by atoms with Gasteiger partial charge in [0.2, 0.25) is 0 Å². The molecule has 0 unspecified atom stereocenters. The molecule has 17 heavy (non-hydrogen) atoms. The van der Waals surface area contributed by atoms with Crippen LogP contribution >= 0.6 is 0 Å². The van der Waals surface area contributed by atoms with E-state index < -0.39 is 5.97 Å². The zero-order chi connectivity index (χ0) is 12.3. The van der Waals surface area contributed by atoms with Crippen molar-refractivity contribution in [3.8, 4) is 0 Å². The summed E-state index contributed by atoms with van der Waals surface area (Å²) in [6.07, 6.45) is 6.30. The van der Waals surface area contributed by atoms with Gasteiger partial charge >= 0.3 is 5.97 Å². The largest absolute Gasteiger partial charge is 0.481 e. The van der Waals surface area contributed by atoms with Crippen LogP contribution in [0.2, 0.25) is 0 Å². The number of aromatic nitrogens is 2. The fourth-order valence-electron chi connectivity index (χ4n) is 2.58. The first-order valence-corrected chi connectivity index (χ1v) is 6.51. The van der Waals surface area contributed by atoms with E-state index >= 15 is 0 Å². The minimum atomic E-state index is -0.714.